The van der Waals surface area contributed by atoms with Crippen molar-refractivity contribution in [1.29, 1.82) is 0 Å². The van der Waals surface area contributed by atoms with E-state index in [0.717, 1.165) is 0 Å². The number of hydrogen-bond acceptors (Lipinski definition) is 0. The van der Waals surface area contributed by atoms with E-state index in [-0.39, 0.29) is 0 Å². The van der Waals surface area contributed by atoms with E-state index in [9.17, 15) is 0 Å². The molecule has 3 aromatic rings. The number of benzene rings is 3. The average Bonchev–Trinajstić information content (AvgIpc) is 2.67. The van der Waals surface area contributed by atoms with Crippen molar-refractivity contribution in [3.63, 3.8) is 0 Å². The van der Waals surface area contributed by atoms with Crippen molar-refractivity contribution >= 4 is 0 Å². The summed E-state index contributed by atoms with van der Waals surface area (Å²) in [6, 6.07) is 18.1. The van der Waals surface area contributed by atoms with Gasteiger partial charge in [0.15, 0.2) is 0 Å². The summed E-state index contributed by atoms with van der Waals surface area (Å²) in [6.07, 6.45) is 0. The quantitative estimate of drug-likeness (QED) is 0.420. The van der Waals surface area contributed by atoms with Crippen LogP contribution in [0, 0.1) is 41.5 Å². The fraction of sp³-hybridized carbons (Fsp3) is 0.357. The molecule has 0 N–H and O–H groups in total. The summed E-state index contributed by atoms with van der Waals surface area (Å²) < 4.78 is 0. The van der Waals surface area contributed by atoms with Crippen LogP contribution in [-0.2, 0) is 0 Å². The lowest BCUT2D eigenvalue weighted by atomic mass is 9.88. The SMILES string of the molecule is CC.CC.Cc1ccc(-c2cc(C)c(-c3ccc(C)cc3C)cc2C)c(C)c1. The molecule has 3 rings (SSSR count). The van der Waals surface area contributed by atoms with Gasteiger partial charge in [0.25, 0.3) is 0 Å². The Kier molecular flexibility index (Phi) is 9.19. The minimum atomic E-state index is 1.32. The van der Waals surface area contributed by atoms with E-state index in [1.54, 1.807) is 0 Å². The molecule has 0 amide bonds. The highest BCUT2D eigenvalue weighted by atomic mass is 14.2. The molecule has 0 aliphatic carbocycles. The second kappa shape index (κ2) is 10.9. The molecule has 0 heteroatoms. The topological polar surface area (TPSA) is 0 Å². The normalized spacial score (nSPS) is 9.79. The van der Waals surface area contributed by atoms with Crippen molar-refractivity contribution in [2.24, 2.45) is 0 Å². The molecule has 0 nitrogen and oxygen atoms in total. The maximum absolute atomic E-state index is 2.35. The van der Waals surface area contributed by atoms with Gasteiger partial charge in [-0.2, -0.15) is 0 Å². The van der Waals surface area contributed by atoms with Gasteiger partial charge in [0, 0.05) is 0 Å². The third-order valence-electron chi connectivity index (χ3n) is 4.92. The third-order valence-corrected chi connectivity index (χ3v) is 4.92. The van der Waals surface area contributed by atoms with E-state index in [1.807, 2.05) is 27.7 Å². The summed E-state index contributed by atoms with van der Waals surface area (Å²) in [5.74, 6) is 0. The molecule has 0 spiro atoms. The highest BCUT2D eigenvalue weighted by Crippen LogP contribution is 2.34. The summed E-state index contributed by atoms with van der Waals surface area (Å²) in [7, 11) is 0. The van der Waals surface area contributed by atoms with Crippen LogP contribution in [0.4, 0.5) is 0 Å². The number of aryl methyl sites for hydroxylation is 6. The zero-order chi connectivity index (χ0) is 21.4. The summed E-state index contributed by atoms with van der Waals surface area (Å²) in [6.45, 7) is 21.2. The summed E-state index contributed by atoms with van der Waals surface area (Å²) in [5, 5.41) is 0. The molecule has 0 aliphatic heterocycles. The first kappa shape index (κ1) is 23.7. The van der Waals surface area contributed by atoms with Crippen LogP contribution in [0.25, 0.3) is 22.3 Å². The molecule has 28 heavy (non-hydrogen) atoms. The molecule has 0 atom stereocenters. The average molecular weight is 375 g/mol. The molecule has 0 radical (unpaired) electrons. The number of hydrogen-bond donors (Lipinski definition) is 0. The van der Waals surface area contributed by atoms with Crippen LogP contribution in [0.15, 0.2) is 48.5 Å². The standard InChI is InChI=1S/C24H26.2C2H6/c1-15-7-9-21(17(3)11-15)23-13-20(6)24(14-19(23)5)22-10-8-16(2)12-18(22)4;2*1-2/h7-14H,1-6H3;2*1-2H3. The second-order valence-corrected chi connectivity index (χ2v) is 7.12. The molecule has 150 valence electrons. The Bertz CT molecular complexity index is 836. The predicted molar refractivity (Wildman–Crippen MR) is 128 cm³/mol. The lowest BCUT2D eigenvalue weighted by Gasteiger charge is -2.16. The lowest BCUT2D eigenvalue weighted by molar-refractivity contribution is 1.33. The second-order valence-electron chi connectivity index (χ2n) is 7.12. The van der Waals surface area contributed by atoms with Crippen molar-refractivity contribution in [3.05, 3.63) is 81.9 Å². The van der Waals surface area contributed by atoms with Gasteiger partial charge in [-0.15, -0.1) is 0 Å². The van der Waals surface area contributed by atoms with Gasteiger partial charge in [-0.05, 0) is 86.1 Å². The lowest BCUT2D eigenvalue weighted by Crippen LogP contribution is -1.94. The number of rotatable bonds is 2. The molecule has 0 aromatic heterocycles. The zero-order valence-corrected chi connectivity index (χ0v) is 19.6. The van der Waals surface area contributed by atoms with Crippen molar-refractivity contribution in [3.8, 4) is 22.3 Å². The van der Waals surface area contributed by atoms with Gasteiger partial charge < -0.3 is 0 Å². The first-order chi connectivity index (χ1) is 13.4. The highest BCUT2D eigenvalue weighted by Gasteiger charge is 2.11. The van der Waals surface area contributed by atoms with E-state index < -0.39 is 0 Å². The van der Waals surface area contributed by atoms with Crippen molar-refractivity contribution in [1.82, 2.24) is 0 Å². The molecule has 0 saturated carbocycles. The molecule has 0 fully saturated rings. The van der Waals surface area contributed by atoms with Gasteiger partial charge in [0.2, 0.25) is 0 Å². The maximum atomic E-state index is 2.35. The van der Waals surface area contributed by atoms with Crippen molar-refractivity contribution in [2.75, 3.05) is 0 Å². The fourth-order valence-electron chi connectivity index (χ4n) is 3.63. The molecular formula is C28H38. The Morgan fingerprint density at radius 1 is 0.357 bits per heavy atom. The van der Waals surface area contributed by atoms with Gasteiger partial charge in [-0.25, -0.2) is 0 Å². The van der Waals surface area contributed by atoms with Crippen LogP contribution >= 0.6 is 0 Å². The molecule has 0 saturated heterocycles. The molecule has 0 unspecified atom stereocenters. The van der Waals surface area contributed by atoms with Crippen LogP contribution < -0.4 is 0 Å². The Morgan fingerprint density at radius 2 is 0.643 bits per heavy atom. The first-order valence-electron chi connectivity index (χ1n) is 10.6. The van der Waals surface area contributed by atoms with Gasteiger partial charge in [0.1, 0.15) is 0 Å². The van der Waals surface area contributed by atoms with Gasteiger partial charge >= 0.3 is 0 Å². The van der Waals surface area contributed by atoms with Crippen LogP contribution in [0.5, 0.6) is 0 Å². The van der Waals surface area contributed by atoms with E-state index in [1.165, 1.54) is 55.6 Å². The minimum absolute atomic E-state index is 1.32. The Labute approximate surface area is 173 Å². The summed E-state index contributed by atoms with van der Waals surface area (Å²) in [5.41, 5.74) is 13.4. The van der Waals surface area contributed by atoms with Gasteiger partial charge in [-0.3, -0.25) is 0 Å². The van der Waals surface area contributed by atoms with Crippen LogP contribution in [0.1, 0.15) is 61.1 Å². The maximum Gasteiger partial charge on any atom is -0.0149 e. The fourth-order valence-corrected chi connectivity index (χ4v) is 3.63. The van der Waals surface area contributed by atoms with Gasteiger partial charge in [0.05, 0.1) is 0 Å². The van der Waals surface area contributed by atoms with Crippen molar-refractivity contribution < 1.29 is 0 Å². The summed E-state index contributed by atoms with van der Waals surface area (Å²) in [4.78, 5) is 0. The van der Waals surface area contributed by atoms with Gasteiger partial charge in [-0.1, -0.05) is 87.4 Å². The largest absolute Gasteiger partial charge is 0.0683 e. The van der Waals surface area contributed by atoms with E-state index in [4.69, 9.17) is 0 Å². The van der Waals surface area contributed by atoms with E-state index in [2.05, 4.69) is 90.1 Å². The first-order valence-corrected chi connectivity index (χ1v) is 10.6. The minimum Gasteiger partial charge on any atom is -0.0683 e. The highest BCUT2D eigenvalue weighted by molar-refractivity contribution is 5.79. The monoisotopic (exact) mass is 374 g/mol. The molecule has 0 heterocycles. The Hall–Kier alpha value is -2.34. The molecule has 0 aliphatic rings. The Morgan fingerprint density at radius 3 is 0.929 bits per heavy atom. The van der Waals surface area contributed by atoms with E-state index >= 15 is 0 Å². The van der Waals surface area contributed by atoms with Crippen LogP contribution in [0.2, 0.25) is 0 Å². The van der Waals surface area contributed by atoms with Crippen molar-refractivity contribution in [2.45, 2.75) is 69.2 Å². The smallest absolute Gasteiger partial charge is 0.0149 e. The summed E-state index contributed by atoms with van der Waals surface area (Å²) >= 11 is 0. The molecule has 3 aromatic carbocycles. The Balaban J connectivity index is 0.000000921. The molecule has 0 bridgehead atoms. The van der Waals surface area contributed by atoms with E-state index in [0.29, 0.717) is 0 Å². The molecular weight excluding hydrogens is 336 g/mol. The zero-order valence-electron chi connectivity index (χ0n) is 19.6. The predicted octanol–water partition coefficient (Wildman–Crippen LogP) is 8.92. The third kappa shape index (κ3) is 5.35. The van der Waals surface area contributed by atoms with Crippen LogP contribution in [-0.4, -0.2) is 0 Å². The van der Waals surface area contributed by atoms with Crippen LogP contribution in [0.3, 0.4) is 0 Å².